The van der Waals surface area contributed by atoms with E-state index in [1.54, 1.807) is 6.07 Å². The normalized spacial score (nSPS) is 11.5. The molecule has 0 bridgehead atoms. The number of hydrogen-bond donors (Lipinski definition) is 2. The first-order chi connectivity index (χ1) is 12.3. The standard InChI is InChI=1S/C19H20FNO5/c1-12-3-6-16(9-13(12)2)25-11-18(22)21-10-17(19(23)24)26-15-7-4-14(20)5-8-15/h3-9,17H,10-11H2,1-2H3,(H,21,22)(H,23,24). The lowest BCUT2D eigenvalue weighted by atomic mass is 10.1. The number of benzene rings is 2. The molecule has 6 nitrogen and oxygen atoms in total. The molecule has 2 rings (SSSR count). The molecule has 0 aliphatic rings. The van der Waals surface area contributed by atoms with Crippen LogP contribution in [0.2, 0.25) is 0 Å². The Morgan fingerprint density at radius 1 is 1.08 bits per heavy atom. The molecule has 0 fully saturated rings. The molecule has 0 aliphatic heterocycles. The van der Waals surface area contributed by atoms with E-state index in [9.17, 15) is 19.1 Å². The van der Waals surface area contributed by atoms with Crippen LogP contribution >= 0.6 is 0 Å². The molecule has 138 valence electrons. The minimum Gasteiger partial charge on any atom is -0.484 e. The lowest BCUT2D eigenvalue weighted by Gasteiger charge is -2.16. The van der Waals surface area contributed by atoms with Gasteiger partial charge in [0.15, 0.2) is 6.61 Å². The summed E-state index contributed by atoms with van der Waals surface area (Å²) in [6.07, 6.45) is -1.30. The van der Waals surface area contributed by atoms with Gasteiger partial charge in [-0.2, -0.15) is 0 Å². The Hall–Kier alpha value is -3.09. The molecular formula is C19H20FNO5. The molecule has 1 atom stereocenters. The molecule has 2 aromatic carbocycles. The summed E-state index contributed by atoms with van der Waals surface area (Å²) in [6, 6.07) is 10.4. The number of nitrogens with one attached hydrogen (secondary N) is 1. The van der Waals surface area contributed by atoms with Gasteiger partial charge in [0, 0.05) is 0 Å². The minimum atomic E-state index is -1.30. The molecule has 7 heteroatoms. The molecule has 1 unspecified atom stereocenters. The monoisotopic (exact) mass is 361 g/mol. The van der Waals surface area contributed by atoms with E-state index in [-0.39, 0.29) is 18.9 Å². The maximum absolute atomic E-state index is 12.9. The number of hydrogen-bond acceptors (Lipinski definition) is 4. The fourth-order valence-corrected chi connectivity index (χ4v) is 2.07. The topological polar surface area (TPSA) is 84.9 Å². The van der Waals surface area contributed by atoms with Crippen LogP contribution in [-0.2, 0) is 9.59 Å². The maximum atomic E-state index is 12.9. The zero-order chi connectivity index (χ0) is 19.1. The molecular weight excluding hydrogens is 341 g/mol. The third-order valence-corrected chi connectivity index (χ3v) is 3.70. The highest BCUT2D eigenvalue weighted by molar-refractivity contribution is 5.79. The summed E-state index contributed by atoms with van der Waals surface area (Å²) in [7, 11) is 0. The highest BCUT2D eigenvalue weighted by Crippen LogP contribution is 2.16. The van der Waals surface area contributed by atoms with Crippen LogP contribution in [0.4, 0.5) is 4.39 Å². The number of carboxylic acids is 1. The highest BCUT2D eigenvalue weighted by Gasteiger charge is 2.20. The number of ether oxygens (including phenoxy) is 2. The number of amides is 1. The fraction of sp³-hybridized carbons (Fsp3) is 0.263. The largest absolute Gasteiger partial charge is 0.484 e. The summed E-state index contributed by atoms with van der Waals surface area (Å²) in [5, 5.41) is 11.6. The Balaban J connectivity index is 1.83. The van der Waals surface area contributed by atoms with Crippen LogP contribution in [0.1, 0.15) is 11.1 Å². The minimum absolute atomic E-state index is 0.194. The van der Waals surface area contributed by atoms with Crippen molar-refractivity contribution in [2.75, 3.05) is 13.2 Å². The van der Waals surface area contributed by atoms with Crippen molar-refractivity contribution < 1.29 is 28.6 Å². The van der Waals surface area contributed by atoms with Crippen molar-refractivity contribution >= 4 is 11.9 Å². The van der Waals surface area contributed by atoms with Gasteiger partial charge in [-0.05, 0) is 61.4 Å². The van der Waals surface area contributed by atoms with E-state index in [2.05, 4.69) is 5.32 Å². The van der Waals surface area contributed by atoms with Crippen LogP contribution in [0.25, 0.3) is 0 Å². The van der Waals surface area contributed by atoms with Crippen LogP contribution in [0.15, 0.2) is 42.5 Å². The van der Waals surface area contributed by atoms with Gasteiger partial charge >= 0.3 is 5.97 Å². The van der Waals surface area contributed by atoms with E-state index in [1.807, 2.05) is 26.0 Å². The Labute approximate surface area is 150 Å². The molecule has 0 saturated heterocycles. The summed E-state index contributed by atoms with van der Waals surface area (Å²) >= 11 is 0. The zero-order valence-electron chi connectivity index (χ0n) is 14.5. The van der Waals surface area contributed by atoms with Crippen molar-refractivity contribution in [2.45, 2.75) is 20.0 Å². The summed E-state index contributed by atoms with van der Waals surface area (Å²) in [5.41, 5.74) is 2.16. The van der Waals surface area contributed by atoms with Crippen molar-refractivity contribution in [2.24, 2.45) is 0 Å². The molecule has 0 saturated carbocycles. The SMILES string of the molecule is Cc1ccc(OCC(=O)NCC(Oc2ccc(F)cc2)C(=O)O)cc1C. The smallest absolute Gasteiger partial charge is 0.346 e. The zero-order valence-corrected chi connectivity index (χ0v) is 14.5. The lowest BCUT2D eigenvalue weighted by Crippen LogP contribution is -2.41. The van der Waals surface area contributed by atoms with Crippen LogP contribution in [-0.4, -0.2) is 36.2 Å². The van der Waals surface area contributed by atoms with Crippen LogP contribution in [0.5, 0.6) is 11.5 Å². The fourth-order valence-electron chi connectivity index (χ4n) is 2.07. The van der Waals surface area contributed by atoms with Gasteiger partial charge in [-0.15, -0.1) is 0 Å². The number of carbonyl (C=O) groups excluding carboxylic acids is 1. The van der Waals surface area contributed by atoms with E-state index in [4.69, 9.17) is 9.47 Å². The van der Waals surface area contributed by atoms with Gasteiger partial charge in [-0.3, -0.25) is 4.79 Å². The number of carbonyl (C=O) groups is 2. The first kappa shape index (κ1) is 19.2. The third kappa shape index (κ3) is 5.77. The van der Waals surface area contributed by atoms with E-state index >= 15 is 0 Å². The average molecular weight is 361 g/mol. The van der Waals surface area contributed by atoms with Gasteiger partial charge in [0.1, 0.15) is 17.3 Å². The molecule has 0 heterocycles. The molecule has 1 amide bonds. The van der Waals surface area contributed by atoms with Gasteiger partial charge in [-0.25, -0.2) is 9.18 Å². The Bertz CT molecular complexity index is 776. The van der Waals surface area contributed by atoms with Gasteiger partial charge < -0.3 is 19.9 Å². The molecule has 2 aromatic rings. The second-order valence-corrected chi connectivity index (χ2v) is 5.74. The highest BCUT2D eigenvalue weighted by atomic mass is 19.1. The lowest BCUT2D eigenvalue weighted by molar-refractivity contribution is -0.145. The predicted molar refractivity (Wildman–Crippen MR) is 92.9 cm³/mol. The van der Waals surface area contributed by atoms with Crippen molar-refractivity contribution in [1.82, 2.24) is 5.32 Å². The molecule has 0 aromatic heterocycles. The molecule has 0 radical (unpaired) electrons. The quantitative estimate of drug-likeness (QED) is 0.755. The average Bonchev–Trinajstić information content (AvgIpc) is 2.61. The van der Waals surface area contributed by atoms with Crippen molar-refractivity contribution in [1.29, 1.82) is 0 Å². The van der Waals surface area contributed by atoms with E-state index in [0.717, 1.165) is 23.3 Å². The Morgan fingerprint density at radius 2 is 1.73 bits per heavy atom. The van der Waals surface area contributed by atoms with E-state index in [1.165, 1.54) is 12.1 Å². The molecule has 2 N–H and O–H groups in total. The summed E-state index contributed by atoms with van der Waals surface area (Å²) in [4.78, 5) is 23.1. The summed E-state index contributed by atoms with van der Waals surface area (Å²) in [6.45, 7) is 3.42. The number of halogens is 1. The van der Waals surface area contributed by atoms with Crippen LogP contribution in [0, 0.1) is 19.7 Å². The summed E-state index contributed by atoms with van der Waals surface area (Å²) < 4.78 is 23.5. The van der Waals surface area contributed by atoms with Gasteiger partial charge in [-0.1, -0.05) is 6.07 Å². The molecule has 0 spiro atoms. The molecule has 0 aliphatic carbocycles. The summed E-state index contributed by atoms with van der Waals surface area (Å²) in [5.74, 6) is -1.43. The van der Waals surface area contributed by atoms with Crippen LogP contribution in [0.3, 0.4) is 0 Å². The van der Waals surface area contributed by atoms with E-state index < -0.39 is 23.8 Å². The second kappa shape index (κ2) is 8.84. The van der Waals surface area contributed by atoms with Gasteiger partial charge in [0.25, 0.3) is 5.91 Å². The second-order valence-electron chi connectivity index (χ2n) is 5.74. The van der Waals surface area contributed by atoms with Gasteiger partial charge in [0.2, 0.25) is 6.10 Å². The van der Waals surface area contributed by atoms with Crippen molar-refractivity contribution in [3.8, 4) is 11.5 Å². The number of rotatable bonds is 8. The van der Waals surface area contributed by atoms with E-state index in [0.29, 0.717) is 5.75 Å². The first-order valence-electron chi connectivity index (χ1n) is 7.97. The molecule has 26 heavy (non-hydrogen) atoms. The Morgan fingerprint density at radius 3 is 2.35 bits per heavy atom. The van der Waals surface area contributed by atoms with Crippen molar-refractivity contribution in [3.63, 3.8) is 0 Å². The third-order valence-electron chi connectivity index (χ3n) is 3.70. The number of aliphatic carboxylic acids is 1. The number of aryl methyl sites for hydroxylation is 2. The van der Waals surface area contributed by atoms with Crippen molar-refractivity contribution in [3.05, 3.63) is 59.4 Å². The number of carboxylic acid groups (broad SMARTS) is 1. The van der Waals surface area contributed by atoms with Gasteiger partial charge in [0.05, 0.1) is 6.54 Å². The Kier molecular flexibility index (Phi) is 6.54. The van der Waals surface area contributed by atoms with Crippen LogP contribution < -0.4 is 14.8 Å². The predicted octanol–water partition coefficient (Wildman–Crippen LogP) is 2.47. The maximum Gasteiger partial charge on any atom is 0.346 e. The first-order valence-corrected chi connectivity index (χ1v) is 7.97.